The second-order valence-electron chi connectivity index (χ2n) is 8.80. The molecule has 0 spiro atoms. The molecule has 0 aromatic heterocycles. The zero-order chi connectivity index (χ0) is 23.4. The van der Waals surface area contributed by atoms with E-state index in [1.54, 1.807) is 0 Å². The molecule has 0 amide bonds. The Morgan fingerprint density at radius 2 is 1.84 bits per heavy atom. The highest BCUT2D eigenvalue weighted by Gasteiger charge is 2.41. The number of allylic oxidation sites excluding steroid dienone is 1. The lowest BCUT2D eigenvalue weighted by molar-refractivity contribution is 0.0601. The van der Waals surface area contributed by atoms with Crippen molar-refractivity contribution in [1.82, 2.24) is 15.5 Å². The number of ether oxygens (including phenoxy) is 2. The summed E-state index contributed by atoms with van der Waals surface area (Å²) in [6, 6.07) is 2.86. The van der Waals surface area contributed by atoms with Crippen LogP contribution in [0.4, 0.5) is 0 Å². The molecule has 2 aliphatic carbocycles. The van der Waals surface area contributed by atoms with Gasteiger partial charge < -0.3 is 25.0 Å². The summed E-state index contributed by atoms with van der Waals surface area (Å²) in [7, 11) is 1.83. The third-order valence-corrected chi connectivity index (χ3v) is 6.76. The fourth-order valence-corrected chi connectivity index (χ4v) is 4.50. The molecular formula is C26H44N4O2. The molecule has 1 unspecified atom stereocenters. The summed E-state index contributed by atoms with van der Waals surface area (Å²) in [5.74, 6) is 2.21. The minimum absolute atomic E-state index is 0.111. The molecule has 2 aliphatic heterocycles. The first kappa shape index (κ1) is 26.3. The van der Waals surface area contributed by atoms with Crippen LogP contribution in [0.3, 0.4) is 0 Å². The van der Waals surface area contributed by atoms with Gasteiger partial charge in [-0.1, -0.05) is 46.3 Å². The Kier molecular flexibility index (Phi) is 11.1. The maximum atomic E-state index is 8.34. The number of nitrogens with one attached hydrogen (secondary N) is 2. The van der Waals surface area contributed by atoms with E-state index in [1.807, 2.05) is 27.0 Å². The Morgan fingerprint density at radius 3 is 2.41 bits per heavy atom. The molecule has 2 heterocycles. The van der Waals surface area contributed by atoms with E-state index in [1.165, 1.54) is 38.5 Å². The molecule has 2 N–H and O–H groups in total. The number of hydrogen-bond donors (Lipinski definition) is 2. The van der Waals surface area contributed by atoms with Gasteiger partial charge >= 0.3 is 0 Å². The maximum Gasteiger partial charge on any atom is 0.162 e. The van der Waals surface area contributed by atoms with Crippen LogP contribution in [0.25, 0.3) is 0 Å². The summed E-state index contributed by atoms with van der Waals surface area (Å²) in [5, 5.41) is 15.1. The normalized spacial score (nSPS) is 26.1. The zero-order valence-electron chi connectivity index (χ0n) is 20.5. The van der Waals surface area contributed by atoms with Gasteiger partial charge in [-0.3, -0.25) is 0 Å². The van der Waals surface area contributed by atoms with Crippen LogP contribution in [0.15, 0.2) is 36.4 Å². The van der Waals surface area contributed by atoms with E-state index in [2.05, 4.69) is 34.8 Å². The van der Waals surface area contributed by atoms with Gasteiger partial charge in [0.2, 0.25) is 0 Å². The van der Waals surface area contributed by atoms with Crippen LogP contribution in [-0.4, -0.2) is 56.4 Å². The van der Waals surface area contributed by atoms with Crippen molar-refractivity contribution in [3.63, 3.8) is 0 Å². The summed E-state index contributed by atoms with van der Waals surface area (Å²) < 4.78 is 11.1. The quantitative estimate of drug-likeness (QED) is 0.666. The maximum absolute atomic E-state index is 8.34. The molecule has 0 bridgehead atoms. The molecular weight excluding hydrogens is 400 g/mol. The average Bonchev–Trinajstić information content (AvgIpc) is 3.67. The van der Waals surface area contributed by atoms with Gasteiger partial charge in [0.05, 0.1) is 6.07 Å². The topological polar surface area (TPSA) is 69.6 Å². The molecule has 0 aromatic carbocycles. The molecule has 0 radical (unpaired) electrons. The van der Waals surface area contributed by atoms with Crippen LogP contribution in [0.2, 0.25) is 0 Å². The molecule has 180 valence electrons. The number of nitrogens with zero attached hydrogens (tertiary/aromatic N) is 2. The predicted molar refractivity (Wildman–Crippen MR) is 131 cm³/mol. The van der Waals surface area contributed by atoms with Crippen molar-refractivity contribution in [3.05, 3.63) is 36.4 Å². The van der Waals surface area contributed by atoms with Crippen molar-refractivity contribution in [2.24, 2.45) is 5.92 Å². The first-order chi connectivity index (χ1) is 15.6. The Bertz CT molecular complexity index is 672. The summed E-state index contributed by atoms with van der Waals surface area (Å²) >= 11 is 0. The molecule has 6 nitrogen and oxygen atoms in total. The Balaban J connectivity index is 0.000000340. The van der Waals surface area contributed by atoms with Crippen LogP contribution in [0, 0.1) is 17.2 Å². The molecule has 32 heavy (non-hydrogen) atoms. The van der Waals surface area contributed by atoms with E-state index in [-0.39, 0.29) is 5.54 Å². The van der Waals surface area contributed by atoms with Crippen LogP contribution >= 0.6 is 0 Å². The fourth-order valence-electron chi connectivity index (χ4n) is 4.50. The van der Waals surface area contributed by atoms with Crippen molar-refractivity contribution in [3.8, 4) is 6.07 Å². The Labute approximate surface area is 195 Å². The summed E-state index contributed by atoms with van der Waals surface area (Å²) in [5.41, 5.74) is 0.887. The van der Waals surface area contributed by atoms with Crippen molar-refractivity contribution in [1.29, 1.82) is 5.26 Å². The highest BCUT2D eigenvalue weighted by Crippen LogP contribution is 2.33. The van der Waals surface area contributed by atoms with Crippen LogP contribution in [-0.2, 0) is 9.47 Å². The van der Waals surface area contributed by atoms with Crippen LogP contribution in [0.5, 0.6) is 0 Å². The van der Waals surface area contributed by atoms with E-state index >= 15 is 0 Å². The van der Waals surface area contributed by atoms with Crippen molar-refractivity contribution >= 4 is 0 Å². The third kappa shape index (κ3) is 7.86. The summed E-state index contributed by atoms with van der Waals surface area (Å²) in [4.78, 5) is 2.36. The largest absolute Gasteiger partial charge is 0.487 e. The first-order valence-electron chi connectivity index (χ1n) is 12.5. The molecule has 4 fully saturated rings. The molecule has 2 saturated heterocycles. The lowest BCUT2D eigenvalue weighted by atomic mass is 9.83. The van der Waals surface area contributed by atoms with Gasteiger partial charge in [0.1, 0.15) is 18.8 Å². The van der Waals surface area contributed by atoms with E-state index in [9.17, 15) is 0 Å². The molecule has 1 atom stereocenters. The average molecular weight is 445 g/mol. The van der Waals surface area contributed by atoms with Crippen molar-refractivity contribution < 1.29 is 9.47 Å². The fraction of sp³-hybridized carbons (Fsp3) is 0.731. The minimum atomic E-state index is -0.111. The van der Waals surface area contributed by atoms with Gasteiger partial charge in [-0.2, -0.15) is 5.26 Å². The smallest absolute Gasteiger partial charge is 0.162 e. The standard InChI is InChI=1S/C19H30N2O2.C5H8N2.C2H6/c1-15(14-19-16(2)22-12-13-23-19)21-10-8-18(20-9-11-21)17-6-4-3-5-7-17;1-7-5(4-6)2-3-5;1-2/h14,17-18,20H,1-13H2;7H,2-3H2,1H3;1-2H3/b19-14+;;. The SMILES string of the molecule is C=C1OCCO/C1=C/C(=C)N1CCNC(C2CCCCC2)CC1.CC.CNC1(C#N)CC1. The lowest BCUT2D eigenvalue weighted by Crippen LogP contribution is -2.37. The highest BCUT2D eigenvalue weighted by atomic mass is 16.6. The van der Waals surface area contributed by atoms with Gasteiger partial charge in [0.15, 0.2) is 11.5 Å². The zero-order valence-corrected chi connectivity index (χ0v) is 20.5. The highest BCUT2D eigenvalue weighted by molar-refractivity contribution is 5.27. The molecule has 6 heteroatoms. The number of nitriles is 1. The second kappa shape index (κ2) is 13.5. The summed E-state index contributed by atoms with van der Waals surface area (Å²) in [6.07, 6.45) is 12.3. The van der Waals surface area contributed by atoms with Gasteiger partial charge in [0.25, 0.3) is 0 Å². The van der Waals surface area contributed by atoms with Gasteiger partial charge in [0, 0.05) is 37.4 Å². The Hall–Kier alpha value is -1.97. The van der Waals surface area contributed by atoms with E-state index in [4.69, 9.17) is 14.7 Å². The molecule has 4 rings (SSSR count). The number of hydrogen-bond acceptors (Lipinski definition) is 6. The monoisotopic (exact) mass is 444 g/mol. The predicted octanol–water partition coefficient (Wildman–Crippen LogP) is 4.48. The minimum Gasteiger partial charge on any atom is -0.487 e. The van der Waals surface area contributed by atoms with Crippen LogP contribution in [0.1, 0.15) is 65.2 Å². The van der Waals surface area contributed by atoms with Crippen molar-refractivity contribution in [2.45, 2.75) is 76.8 Å². The van der Waals surface area contributed by atoms with E-state index < -0.39 is 0 Å². The van der Waals surface area contributed by atoms with Gasteiger partial charge in [-0.05, 0) is 45.1 Å². The summed E-state index contributed by atoms with van der Waals surface area (Å²) in [6.45, 7) is 16.4. The molecule has 2 saturated carbocycles. The molecule has 0 aromatic rings. The Morgan fingerprint density at radius 1 is 1.16 bits per heavy atom. The van der Waals surface area contributed by atoms with Crippen molar-refractivity contribution in [2.75, 3.05) is 39.9 Å². The molecule has 4 aliphatic rings. The first-order valence-corrected chi connectivity index (χ1v) is 12.5. The number of rotatable bonds is 4. The third-order valence-electron chi connectivity index (χ3n) is 6.76. The van der Waals surface area contributed by atoms with Crippen LogP contribution < -0.4 is 10.6 Å². The van der Waals surface area contributed by atoms with E-state index in [0.717, 1.165) is 49.9 Å². The van der Waals surface area contributed by atoms with Gasteiger partial charge in [-0.15, -0.1) is 0 Å². The second-order valence-corrected chi connectivity index (χ2v) is 8.80. The van der Waals surface area contributed by atoms with E-state index in [0.29, 0.717) is 25.0 Å². The van der Waals surface area contributed by atoms with Gasteiger partial charge in [-0.25, -0.2) is 0 Å². The lowest BCUT2D eigenvalue weighted by Gasteiger charge is -2.30.